The quantitative estimate of drug-likeness (QED) is 0.456. The van der Waals surface area contributed by atoms with Crippen LogP contribution in [0.4, 0.5) is 4.39 Å². The van der Waals surface area contributed by atoms with Crippen LogP contribution in [-0.4, -0.2) is 29.4 Å². The van der Waals surface area contributed by atoms with E-state index in [-0.39, 0.29) is 5.82 Å². The molecule has 4 rings (SSSR count). The molecule has 0 bridgehead atoms. The van der Waals surface area contributed by atoms with Crippen LogP contribution >= 0.6 is 11.6 Å². The Labute approximate surface area is 174 Å². The number of nitrogens with one attached hydrogen (secondary N) is 1. The van der Waals surface area contributed by atoms with Gasteiger partial charge in [-0.05, 0) is 36.9 Å². The van der Waals surface area contributed by atoms with Gasteiger partial charge in [0.15, 0.2) is 0 Å². The van der Waals surface area contributed by atoms with Gasteiger partial charge in [-0.1, -0.05) is 60.1 Å². The summed E-state index contributed by atoms with van der Waals surface area (Å²) < 4.78 is 16.0. The highest BCUT2D eigenvalue weighted by Gasteiger charge is 2.26. The van der Waals surface area contributed by atoms with E-state index in [9.17, 15) is 9.50 Å². The maximum atomic E-state index is 14.0. The Morgan fingerprint density at radius 2 is 1.76 bits per heavy atom. The van der Waals surface area contributed by atoms with Gasteiger partial charge < -0.3 is 15.0 Å². The summed E-state index contributed by atoms with van der Waals surface area (Å²) in [5.41, 5.74) is 3.56. The van der Waals surface area contributed by atoms with Crippen molar-refractivity contribution >= 4 is 22.5 Å². The Kier molecular flexibility index (Phi) is 5.67. The Hall–Kier alpha value is -2.66. The Balaban J connectivity index is 1.96. The minimum absolute atomic E-state index is 0.327. The predicted molar refractivity (Wildman–Crippen MR) is 117 cm³/mol. The van der Waals surface area contributed by atoms with Crippen LogP contribution in [0.1, 0.15) is 11.6 Å². The van der Waals surface area contributed by atoms with Gasteiger partial charge in [-0.25, -0.2) is 4.39 Å². The highest BCUT2D eigenvalue weighted by molar-refractivity contribution is 6.33. The topological polar surface area (TPSA) is 37.2 Å². The second-order valence-corrected chi connectivity index (χ2v) is 7.48. The number of aliphatic hydroxyl groups is 1. The fraction of sp³-hybridized carbons (Fsp3) is 0.167. The third-order valence-electron chi connectivity index (χ3n) is 5.17. The zero-order chi connectivity index (χ0) is 20.4. The molecule has 2 N–H and O–H groups in total. The molecule has 2 atom stereocenters. The van der Waals surface area contributed by atoms with Gasteiger partial charge in [-0.2, -0.15) is 0 Å². The number of hydrogen-bond acceptors (Lipinski definition) is 2. The van der Waals surface area contributed by atoms with E-state index in [0.717, 1.165) is 22.0 Å². The highest BCUT2D eigenvalue weighted by atomic mass is 35.5. The zero-order valence-corrected chi connectivity index (χ0v) is 16.8. The van der Waals surface area contributed by atoms with Crippen LogP contribution in [-0.2, 0) is 0 Å². The van der Waals surface area contributed by atoms with Gasteiger partial charge in [0.1, 0.15) is 5.82 Å². The molecule has 5 heteroatoms. The number of rotatable bonds is 6. The average Bonchev–Trinajstić information content (AvgIpc) is 3.08. The van der Waals surface area contributed by atoms with Gasteiger partial charge in [-0.3, -0.25) is 0 Å². The van der Waals surface area contributed by atoms with Crippen molar-refractivity contribution in [3.63, 3.8) is 0 Å². The first-order valence-electron chi connectivity index (χ1n) is 9.52. The molecule has 0 amide bonds. The molecule has 0 aliphatic heterocycles. The maximum Gasteiger partial charge on any atom is 0.123 e. The summed E-state index contributed by atoms with van der Waals surface area (Å²) in [6.45, 7) is 0.370. The summed E-state index contributed by atoms with van der Waals surface area (Å²) in [5.74, 6) is -0.327. The van der Waals surface area contributed by atoms with Gasteiger partial charge in [0, 0.05) is 39.8 Å². The molecule has 0 spiro atoms. The molecule has 3 aromatic carbocycles. The van der Waals surface area contributed by atoms with Crippen LogP contribution in [0.3, 0.4) is 0 Å². The van der Waals surface area contributed by atoms with Gasteiger partial charge in [0.05, 0.1) is 12.1 Å². The number of fused-ring (bicyclic) bond motifs is 1. The first-order valence-corrected chi connectivity index (χ1v) is 9.90. The maximum absolute atomic E-state index is 14.0. The van der Waals surface area contributed by atoms with Crippen molar-refractivity contribution < 1.29 is 9.50 Å². The molecule has 0 fully saturated rings. The standard InChI is InChI=1S/C24H22ClFN2O/c1-27-14-23(29)24(16-7-6-8-17(26)13-16)28-15-20(18-9-2-4-11-21(18)25)19-10-3-5-12-22(19)28/h2-13,15,23-24,27,29H,14H2,1H3. The summed E-state index contributed by atoms with van der Waals surface area (Å²) in [6.07, 6.45) is 1.25. The molecule has 0 aliphatic rings. The normalized spacial score (nSPS) is 13.5. The van der Waals surface area contributed by atoms with E-state index in [1.54, 1.807) is 13.1 Å². The van der Waals surface area contributed by atoms with Crippen LogP contribution in [0.5, 0.6) is 0 Å². The van der Waals surface area contributed by atoms with E-state index in [1.165, 1.54) is 12.1 Å². The molecule has 0 saturated carbocycles. The molecule has 4 aromatic rings. The average molecular weight is 409 g/mol. The second-order valence-electron chi connectivity index (χ2n) is 7.07. The van der Waals surface area contributed by atoms with Crippen molar-refractivity contribution in [3.05, 3.63) is 95.4 Å². The number of likely N-dealkylation sites (N-methyl/N-ethyl adjacent to an activating group) is 1. The monoisotopic (exact) mass is 408 g/mol. The van der Waals surface area contributed by atoms with E-state index in [4.69, 9.17) is 11.6 Å². The van der Waals surface area contributed by atoms with Crippen molar-refractivity contribution in [1.82, 2.24) is 9.88 Å². The Morgan fingerprint density at radius 1 is 1.00 bits per heavy atom. The predicted octanol–water partition coefficient (Wildman–Crippen LogP) is 5.27. The van der Waals surface area contributed by atoms with Gasteiger partial charge in [-0.15, -0.1) is 0 Å². The third-order valence-corrected chi connectivity index (χ3v) is 5.50. The van der Waals surface area contributed by atoms with Gasteiger partial charge in [0.25, 0.3) is 0 Å². The molecule has 0 radical (unpaired) electrons. The first kappa shape index (κ1) is 19.6. The molecular formula is C24H22ClFN2O. The SMILES string of the molecule is CNCC(O)C(c1cccc(F)c1)n1cc(-c2ccccc2Cl)c2ccccc21. The molecule has 148 valence electrons. The minimum atomic E-state index is -0.753. The van der Waals surface area contributed by atoms with Crippen LogP contribution in [0.25, 0.3) is 22.0 Å². The number of benzene rings is 3. The fourth-order valence-corrected chi connectivity index (χ4v) is 4.15. The number of para-hydroxylation sites is 1. The van der Waals surface area contributed by atoms with Crippen LogP contribution in [0.15, 0.2) is 79.0 Å². The van der Waals surface area contributed by atoms with Crippen molar-refractivity contribution in [3.8, 4) is 11.1 Å². The lowest BCUT2D eigenvalue weighted by molar-refractivity contribution is 0.132. The number of aromatic nitrogens is 1. The van der Waals surface area contributed by atoms with Crippen molar-refractivity contribution in [1.29, 1.82) is 0 Å². The summed E-state index contributed by atoms with van der Waals surface area (Å²) in [5, 5.41) is 15.7. The largest absolute Gasteiger partial charge is 0.389 e. The molecule has 1 heterocycles. The van der Waals surface area contributed by atoms with E-state index in [2.05, 4.69) is 5.32 Å². The summed E-state index contributed by atoms with van der Waals surface area (Å²) in [6, 6.07) is 21.6. The molecule has 3 nitrogen and oxygen atoms in total. The zero-order valence-electron chi connectivity index (χ0n) is 16.0. The van der Waals surface area contributed by atoms with Crippen molar-refractivity contribution in [2.24, 2.45) is 0 Å². The van der Waals surface area contributed by atoms with Gasteiger partial charge in [0.2, 0.25) is 0 Å². The summed E-state index contributed by atoms with van der Waals surface area (Å²) in [4.78, 5) is 0. The lowest BCUT2D eigenvalue weighted by Crippen LogP contribution is -2.33. The van der Waals surface area contributed by atoms with E-state index < -0.39 is 12.1 Å². The van der Waals surface area contributed by atoms with Crippen LogP contribution in [0, 0.1) is 5.82 Å². The highest BCUT2D eigenvalue weighted by Crippen LogP contribution is 2.38. The summed E-state index contributed by atoms with van der Waals surface area (Å²) in [7, 11) is 1.79. The van der Waals surface area contributed by atoms with Crippen LogP contribution < -0.4 is 5.32 Å². The van der Waals surface area contributed by atoms with E-state index in [1.807, 2.05) is 65.4 Å². The molecule has 29 heavy (non-hydrogen) atoms. The second kappa shape index (κ2) is 8.37. The molecule has 1 aromatic heterocycles. The van der Waals surface area contributed by atoms with Crippen molar-refractivity contribution in [2.45, 2.75) is 12.1 Å². The summed E-state index contributed by atoms with van der Waals surface area (Å²) >= 11 is 6.48. The Bertz CT molecular complexity index is 1140. The smallest absolute Gasteiger partial charge is 0.123 e. The number of aliphatic hydroxyl groups excluding tert-OH is 1. The van der Waals surface area contributed by atoms with E-state index >= 15 is 0 Å². The van der Waals surface area contributed by atoms with Crippen LogP contribution in [0.2, 0.25) is 5.02 Å². The molecular weight excluding hydrogens is 387 g/mol. The van der Waals surface area contributed by atoms with E-state index in [0.29, 0.717) is 17.1 Å². The minimum Gasteiger partial charge on any atom is -0.389 e. The number of halogens is 2. The lowest BCUT2D eigenvalue weighted by Gasteiger charge is -2.26. The third kappa shape index (κ3) is 3.79. The molecule has 2 unspecified atom stereocenters. The first-order chi connectivity index (χ1) is 14.1. The number of hydrogen-bond donors (Lipinski definition) is 2. The fourth-order valence-electron chi connectivity index (χ4n) is 3.91. The number of nitrogens with zero attached hydrogens (tertiary/aromatic N) is 1. The lowest BCUT2D eigenvalue weighted by atomic mass is 10.0. The van der Waals surface area contributed by atoms with Gasteiger partial charge >= 0.3 is 0 Å². The van der Waals surface area contributed by atoms with Crippen molar-refractivity contribution in [2.75, 3.05) is 13.6 Å². The Morgan fingerprint density at radius 3 is 2.52 bits per heavy atom. The molecule has 0 saturated heterocycles. The molecule has 0 aliphatic carbocycles.